The van der Waals surface area contributed by atoms with Gasteiger partial charge in [-0.05, 0) is 26.8 Å². The van der Waals surface area contributed by atoms with Crippen molar-refractivity contribution >= 4 is 11.8 Å². The Kier molecular flexibility index (Phi) is 4.67. The maximum Gasteiger partial charge on any atom is 0.339 e. The van der Waals surface area contributed by atoms with Gasteiger partial charge >= 0.3 is 5.97 Å². The molecule has 0 saturated carbocycles. The third kappa shape index (κ3) is 2.59. The summed E-state index contributed by atoms with van der Waals surface area (Å²) >= 11 is 0. The molecular formula is C13H17N3O2. The number of aromatic nitrogens is 1. The molecule has 96 valence electrons. The van der Waals surface area contributed by atoms with Crippen LogP contribution in [-0.2, 0) is 4.74 Å². The molecule has 0 aliphatic heterocycles. The minimum Gasteiger partial charge on any atom is -0.465 e. The lowest BCUT2D eigenvalue weighted by molar-refractivity contribution is 0.0599. The predicted molar refractivity (Wildman–Crippen MR) is 68.6 cm³/mol. The molecule has 0 aromatic carbocycles. The SMILES string of the molecule is CCN(CC)c1nc(C)c(C(=O)OC)cc1C#N. The lowest BCUT2D eigenvalue weighted by atomic mass is 10.1. The Bertz CT molecular complexity index is 488. The number of aryl methyl sites for hydroxylation is 1. The molecule has 0 saturated heterocycles. The van der Waals surface area contributed by atoms with Crippen molar-refractivity contribution in [2.45, 2.75) is 20.8 Å². The zero-order valence-corrected chi connectivity index (χ0v) is 11.1. The molecule has 0 aliphatic carbocycles. The van der Waals surface area contributed by atoms with Gasteiger partial charge in [-0.25, -0.2) is 9.78 Å². The van der Waals surface area contributed by atoms with Gasteiger partial charge in [-0.15, -0.1) is 0 Å². The van der Waals surface area contributed by atoms with E-state index in [0.29, 0.717) is 22.6 Å². The van der Waals surface area contributed by atoms with Crippen molar-refractivity contribution in [1.29, 1.82) is 5.26 Å². The van der Waals surface area contributed by atoms with Crippen molar-refractivity contribution in [2.24, 2.45) is 0 Å². The fourth-order valence-corrected chi connectivity index (χ4v) is 1.76. The Labute approximate surface area is 107 Å². The molecular weight excluding hydrogens is 230 g/mol. The summed E-state index contributed by atoms with van der Waals surface area (Å²) < 4.78 is 4.67. The van der Waals surface area contributed by atoms with Crippen molar-refractivity contribution in [3.8, 4) is 6.07 Å². The summed E-state index contributed by atoms with van der Waals surface area (Å²) in [5.74, 6) is 0.148. The average Bonchev–Trinajstić information content (AvgIpc) is 2.39. The third-order valence-corrected chi connectivity index (χ3v) is 2.78. The molecule has 0 bridgehead atoms. The van der Waals surface area contributed by atoms with Gasteiger partial charge in [0.05, 0.1) is 23.9 Å². The van der Waals surface area contributed by atoms with E-state index in [1.54, 1.807) is 13.0 Å². The number of anilines is 1. The molecule has 0 radical (unpaired) electrons. The summed E-state index contributed by atoms with van der Waals surface area (Å²) in [7, 11) is 1.31. The summed E-state index contributed by atoms with van der Waals surface area (Å²) in [5, 5.41) is 9.16. The Morgan fingerprint density at radius 3 is 2.56 bits per heavy atom. The highest BCUT2D eigenvalue weighted by molar-refractivity contribution is 5.91. The van der Waals surface area contributed by atoms with Crippen LogP contribution in [0.15, 0.2) is 6.07 Å². The highest BCUT2D eigenvalue weighted by Crippen LogP contribution is 2.21. The maximum absolute atomic E-state index is 11.5. The molecule has 0 unspecified atom stereocenters. The van der Waals surface area contributed by atoms with Crippen molar-refractivity contribution in [2.75, 3.05) is 25.1 Å². The van der Waals surface area contributed by atoms with Crippen molar-refractivity contribution < 1.29 is 9.53 Å². The molecule has 1 aromatic heterocycles. The number of nitrogens with zero attached hydrogens (tertiary/aromatic N) is 3. The third-order valence-electron chi connectivity index (χ3n) is 2.78. The van der Waals surface area contributed by atoms with Crippen molar-refractivity contribution in [1.82, 2.24) is 4.98 Å². The molecule has 0 fully saturated rings. The Morgan fingerprint density at radius 1 is 1.50 bits per heavy atom. The molecule has 1 heterocycles. The highest BCUT2D eigenvalue weighted by atomic mass is 16.5. The number of carbonyl (C=O) groups is 1. The summed E-state index contributed by atoms with van der Waals surface area (Å²) in [5.41, 5.74) is 1.30. The molecule has 18 heavy (non-hydrogen) atoms. The number of rotatable bonds is 4. The van der Waals surface area contributed by atoms with E-state index in [1.807, 2.05) is 18.7 Å². The molecule has 0 spiro atoms. The number of hydrogen-bond acceptors (Lipinski definition) is 5. The summed E-state index contributed by atoms with van der Waals surface area (Å²) in [6.07, 6.45) is 0. The molecule has 5 heteroatoms. The van der Waals surface area contributed by atoms with E-state index in [1.165, 1.54) is 7.11 Å². The molecule has 0 amide bonds. The second-order valence-electron chi connectivity index (χ2n) is 3.77. The van der Waals surface area contributed by atoms with Gasteiger partial charge in [-0.3, -0.25) is 0 Å². The monoisotopic (exact) mass is 247 g/mol. The molecule has 0 aliphatic rings. The maximum atomic E-state index is 11.5. The summed E-state index contributed by atoms with van der Waals surface area (Å²) in [6, 6.07) is 3.62. The number of esters is 1. The fraction of sp³-hybridized carbons (Fsp3) is 0.462. The van der Waals surface area contributed by atoms with Gasteiger partial charge in [-0.1, -0.05) is 0 Å². The Hall–Kier alpha value is -2.09. The van der Waals surface area contributed by atoms with Crippen LogP contribution in [0.4, 0.5) is 5.82 Å². The van der Waals surface area contributed by atoms with Crippen LogP contribution in [0.1, 0.15) is 35.5 Å². The van der Waals surface area contributed by atoms with Gasteiger partial charge in [0, 0.05) is 13.1 Å². The first-order valence-corrected chi connectivity index (χ1v) is 5.83. The van der Waals surface area contributed by atoms with E-state index in [-0.39, 0.29) is 0 Å². The van der Waals surface area contributed by atoms with Crippen LogP contribution in [0.3, 0.4) is 0 Å². The van der Waals surface area contributed by atoms with Gasteiger partial charge in [0.2, 0.25) is 0 Å². The standard InChI is InChI=1S/C13H17N3O2/c1-5-16(6-2)12-10(8-14)7-11(9(3)15-12)13(17)18-4/h7H,5-6H2,1-4H3. The van der Waals surface area contributed by atoms with Gasteiger partial charge < -0.3 is 9.64 Å². The topological polar surface area (TPSA) is 66.2 Å². The van der Waals surface area contributed by atoms with Crippen molar-refractivity contribution in [3.63, 3.8) is 0 Å². The minimum absolute atomic E-state index is 0.338. The van der Waals surface area contributed by atoms with Crippen LogP contribution in [0.5, 0.6) is 0 Å². The fourth-order valence-electron chi connectivity index (χ4n) is 1.76. The first-order chi connectivity index (χ1) is 8.58. The number of hydrogen-bond donors (Lipinski definition) is 0. The molecule has 1 aromatic rings. The quantitative estimate of drug-likeness (QED) is 0.760. The van der Waals surface area contributed by atoms with Crippen LogP contribution in [0.25, 0.3) is 0 Å². The van der Waals surface area contributed by atoms with Crippen LogP contribution in [0.2, 0.25) is 0 Å². The number of nitriles is 1. The average molecular weight is 247 g/mol. The van der Waals surface area contributed by atoms with E-state index >= 15 is 0 Å². The summed E-state index contributed by atoms with van der Waals surface area (Å²) in [6.45, 7) is 7.25. The molecule has 0 atom stereocenters. The predicted octanol–water partition coefficient (Wildman–Crippen LogP) is 1.89. The first kappa shape index (κ1) is 14.0. The smallest absolute Gasteiger partial charge is 0.339 e. The van der Waals surface area contributed by atoms with E-state index in [4.69, 9.17) is 5.26 Å². The van der Waals surface area contributed by atoms with E-state index in [9.17, 15) is 4.79 Å². The second-order valence-corrected chi connectivity index (χ2v) is 3.77. The number of ether oxygens (including phenoxy) is 1. The normalized spacial score (nSPS) is 9.72. The number of methoxy groups -OCH3 is 1. The van der Waals surface area contributed by atoms with E-state index in [0.717, 1.165) is 13.1 Å². The number of pyridine rings is 1. The Balaban J connectivity index is 3.36. The van der Waals surface area contributed by atoms with Crippen LogP contribution in [-0.4, -0.2) is 31.2 Å². The summed E-state index contributed by atoms with van der Waals surface area (Å²) in [4.78, 5) is 17.9. The lowest BCUT2D eigenvalue weighted by Crippen LogP contribution is -2.25. The van der Waals surface area contributed by atoms with Gasteiger partial charge in [0.25, 0.3) is 0 Å². The van der Waals surface area contributed by atoms with Gasteiger partial charge in [0.15, 0.2) is 0 Å². The zero-order valence-electron chi connectivity index (χ0n) is 11.1. The van der Waals surface area contributed by atoms with E-state index in [2.05, 4.69) is 15.8 Å². The second kappa shape index (κ2) is 6.01. The molecule has 5 nitrogen and oxygen atoms in total. The van der Waals surface area contributed by atoms with Crippen molar-refractivity contribution in [3.05, 3.63) is 22.9 Å². The van der Waals surface area contributed by atoms with Crippen LogP contribution >= 0.6 is 0 Å². The largest absolute Gasteiger partial charge is 0.465 e. The van der Waals surface area contributed by atoms with Crippen LogP contribution in [0, 0.1) is 18.3 Å². The van der Waals surface area contributed by atoms with Gasteiger partial charge in [0.1, 0.15) is 11.9 Å². The number of carbonyl (C=O) groups excluding carboxylic acids is 1. The highest BCUT2D eigenvalue weighted by Gasteiger charge is 2.17. The van der Waals surface area contributed by atoms with Crippen LogP contribution < -0.4 is 4.90 Å². The lowest BCUT2D eigenvalue weighted by Gasteiger charge is -2.21. The van der Waals surface area contributed by atoms with Gasteiger partial charge in [-0.2, -0.15) is 5.26 Å². The minimum atomic E-state index is -0.470. The molecule has 1 rings (SSSR count). The van der Waals surface area contributed by atoms with E-state index < -0.39 is 5.97 Å². The molecule has 0 N–H and O–H groups in total. The zero-order chi connectivity index (χ0) is 13.7. The first-order valence-electron chi connectivity index (χ1n) is 5.83. The Morgan fingerprint density at radius 2 is 2.11 bits per heavy atom.